The lowest BCUT2D eigenvalue weighted by molar-refractivity contribution is 1.19. The molecule has 142 valence electrons. The van der Waals surface area contributed by atoms with Gasteiger partial charge in [0.25, 0.3) is 0 Å². The first-order chi connectivity index (χ1) is 14.8. The highest BCUT2D eigenvalue weighted by atomic mass is 79.9. The molecule has 0 aliphatic carbocycles. The lowest BCUT2D eigenvalue weighted by Gasteiger charge is -2.11. The van der Waals surface area contributed by atoms with Crippen molar-refractivity contribution in [1.29, 1.82) is 0 Å². The van der Waals surface area contributed by atoms with Gasteiger partial charge in [0.05, 0.1) is 11.0 Å². The monoisotopic (exact) mass is 447 g/mol. The second-order valence-electron chi connectivity index (χ2n) is 7.59. The summed E-state index contributed by atoms with van der Waals surface area (Å²) in [6.45, 7) is 0. The van der Waals surface area contributed by atoms with E-state index in [9.17, 15) is 0 Å². The first kappa shape index (κ1) is 17.5. The normalized spacial score (nSPS) is 11.5. The standard InChI is InChI=1S/C28H18BrN/c29-22-14-9-19(10-15-22)20-11-16-23(17-12-20)30-27-8-4-3-7-25(27)26-18-13-21-5-1-2-6-24(21)28(26)30/h1-18H. The summed E-state index contributed by atoms with van der Waals surface area (Å²) < 4.78 is 3.50. The third-order valence-corrected chi connectivity index (χ3v) is 6.39. The van der Waals surface area contributed by atoms with Gasteiger partial charge in [-0.25, -0.2) is 0 Å². The Balaban J connectivity index is 1.63. The van der Waals surface area contributed by atoms with Crippen molar-refractivity contribution in [3.05, 3.63) is 114 Å². The molecule has 30 heavy (non-hydrogen) atoms. The number of fused-ring (bicyclic) bond motifs is 5. The molecule has 0 bridgehead atoms. The van der Waals surface area contributed by atoms with Crippen LogP contribution >= 0.6 is 15.9 Å². The third-order valence-electron chi connectivity index (χ3n) is 5.86. The SMILES string of the molecule is Brc1ccc(-c2ccc(-n3c4ccccc4c4ccc5ccccc5c43)cc2)cc1. The van der Waals surface area contributed by atoms with E-state index in [0.29, 0.717) is 0 Å². The molecule has 2 heteroatoms. The zero-order valence-corrected chi connectivity index (χ0v) is 17.8. The number of aromatic nitrogens is 1. The molecule has 6 rings (SSSR count). The van der Waals surface area contributed by atoms with Crippen molar-refractivity contribution in [1.82, 2.24) is 4.57 Å². The van der Waals surface area contributed by atoms with E-state index in [4.69, 9.17) is 0 Å². The molecule has 0 amide bonds. The number of nitrogens with zero attached hydrogens (tertiary/aromatic N) is 1. The van der Waals surface area contributed by atoms with Crippen LogP contribution in [0.3, 0.4) is 0 Å². The Hall–Kier alpha value is -3.36. The lowest BCUT2D eigenvalue weighted by Crippen LogP contribution is -1.94. The van der Waals surface area contributed by atoms with E-state index in [1.165, 1.54) is 49.4 Å². The quantitative estimate of drug-likeness (QED) is 0.251. The minimum Gasteiger partial charge on any atom is -0.309 e. The van der Waals surface area contributed by atoms with Crippen molar-refractivity contribution < 1.29 is 0 Å². The molecule has 0 fully saturated rings. The molecule has 1 heterocycles. The van der Waals surface area contributed by atoms with Crippen molar-refractivity contribution in [2.75, 3.05) is 0 Å². The molecule has 0 aliphatic rings. The summed E-state index contributed by atoms with van der Waals surface area (Å²) >= 11 is 3.52. The Kier molecular flexibility index (Phi) is 4.00. The molecule has 1 nitrogen and oxygen atoms in total. The summed E-state index contributed by atoms with van der Waals surface area (Å²) in [5.74, 6) is 0. The van der Waals surface area contributed by atoms with Crippen LogP contribution in [-0.2, 0) is 0 Å². The minimum absolute atomic E-state index is 1.10. The number of hydrogen-bond acceptors (Lipinski definition) is 0. The second-order valence-corrected chi connectivity index (χ2v) is 8.50. The summed E-state index contributed by atoms with van der Waals surface area (Å²) in [7, 11) is 0. The number of hydrogen-bond donors (Lipinski definition) is 0. The van der Waals surface area contributed by atoms with Gasteiger partial charge in [-0.15, -0.1) is 0 Å². The molecule has 6 aromatic rings. The van der Waals surface area contributed by atoms with Crippen LogP contribution in [0.1, 0.15) is 0 Å². The maximum atomic E-state index is 3.52. The second kappa shape index (κ2) is 6.86. The van der Waals surface area contributed by atoms with Gasteiger partial charge in [0.1, 0.15) is 0 Å². The van der Waals surface area contributed by atoms with Gasteiger partial charge in [0.15, 0.2) is 0 Å². The minimum atomic E-state index is 1.10. The highest BCUT2D eigenvalue weighted by molar-refractivity contribution is 9.10. The van der Waals surface area contributed by atoms with Crippen LogP contribution in [0.15, 0.2) is 114 Å². The average molecular weight is 448 g/mol. The zero-order valence-electron chi connectivity index (χ0n) is 16.2. The van der Waals surface area contributed by atoms with Gasteiger partial charge in [0.2, 0.25) is 0 Å². The molecule has 0 spiro atoms. The van der Waals surface area contributed by atoms with Crippen LogP contribution in [0, 0.1) is 0 Å². The van der Waals surface area contributed by atoms with Gasteiger partial charge in [-0.1, -0.05) is 94.8 Å². The van der Waals surface area contributed by atoms with Crippen LogP contribution in [0.2, 0.25) is 0 Å². The molecule has 0 aliphatic heterocycles. The van der Waals surface area contributed by atoms with Gasteiger partial charge >= 0.3 is 0 Å². The molecule has 0 atom stereocenters. The number of rotatable bonds is 2. The smallest absolute Gasteiger partial charge is 0.0619 e. The zero-order chi connectivity index (χ0) is 20.1. The summed E-state index contributed by atoms with van der Waals surface area (Å²) in [5.41, 5.74) is 6.12. The molecule has 0 saturated heterocycles. The van der Waals surface area contributed by atoms with E-state index in [-0.39, 0.29) is 0 Å². The fraction of sp³-hybridized carbons (Fsp3) is 0. The Labute approximate surface area is 183 Å². The van der Waals surface area contributed by atoms with Crippen molar-refractivity contribution in [3.63, 3.8) is 0 Å². The maximum Gasteiger partial charge on any atom is 0.0619 e. The molecule has 5 aromatic carbocycles. The number of benzene rings is 5. The van der Waals surface area contributed by atoms with E-state index in [1.54, 1.807) is 0 Å². The lowest BCUT2D eigenvalue weighted by atomic mass is 10.0. The van der Waals surface area contributed by atoms with Gasteiger partial charge in [0, 0.05) is 26.3 Å². The van der Waals surface area contributed by atoms with E-state index in [0.717, 1.165) is 4.47 Å². The van der Waals surface area contributed by atoms with E-state index >= 15 is 0 Å². The number of para-hydroxylation sites is 1. The summed E-state index contributed by atoms with van der Waals surface area (Å²) in [6, 6.07) is 39.2. The van der Waals surface area contributed by atoms with Crippen LogP contribution < -0.4 is 0 Å². The van der Waals surface area contributed by atoms with Gasteiger partial charge < -0.3 is 4.57 Å². The van der Waals surface area contributed by atoms with Crippen molar-refractivity contribution in [2.45, 2.75) is 0 Å². The van der Waals surface area contributed by atoms with Gasteiger partial charge in [-0.2, -0.15) is 0 Å². The largest absolute Gasteiger partial charge is 0.309 e. The summed E-state index contributed by atoms with van der Waals surface area (Å²) in [4.78, 5) is 0. The van der Waals surface area contributed by atoms with E-state index < -0.39 is 0 Å². The maximum absolute atomic E-state index is 3.52. The summed E-state index contributed by atoms with van der Waals surface area (Å²) in [5, 5.41) is 5.13. The fourth-order valence-electron chi connectivity index (χ4n) is 4.44. The van der Waals surface area contributed by atoms with Crippen molar-refractivity contribution in [2.24, 2.45) is 0 Å². The Morgan fingerprint density at radius 3 is 1.90 bits per heavy atom. The van der Waals surface area contributed by atoms with Crippen LogP contribution in [-0.4, -0.2) is 4.57 Å². The molecule has 1 aromatic heterocycles. The fourth-order valence-corrected chi connectivity index (χ4v) is 4.71. The molecule has 0 radical (unpaired) electrons. The highest BCUT2D eigenvalue weighted by Gasteiger charge is 2.14. The Morgan fingerprint density at radius 1 is 0.500 bits per heavy atom. The predicted octanol–water partition coefficient (Wildman–Crippen LogP) is 8.37. The van der Waals surface area contributed by atoms with Gasteiger partial charge in [-0.05, 0) is 46.8 Å². The molecule has 0 unspecified atom stereocenters. The third kappa shape index (κ3) is 2.68. The van der Waals surface area contributed by atoms with Crippen LogP contribution in [0.25, 0.3) is 49.4 Å². The Morgan fingerprint density at radius 2 is 1.13 bits per heavy atom. The average Bonchev–Trinajstić information content (AvgIpc) is 3.15. The molecular weight excluding hydrogens is 430 g/mol. The van der Waals surface area contributed by atoms with Crippen LogP contribution in [0.4, 0.5) is 0 Å². The molecule has 0 saturated carbocycles. The highest BCUT2D eigenvalue weighted by Crippen LogP contribution is 2.36. The van der Waals surface area contributed by atoms with E-state index in [1.807, 2.05) is 0 Å². The van der Waals surface area contributed by atoms with Crippen LogP contribution in [0.5, 0.6) is 0 Å². The van der Waals surface area contributed by atoms with Crippen molar-refractivity contribution in [3.8, 4) is 16.8 Å². The molecule has 0 N–H and O–H groups in total. The van der Waals surface area contributed by atoms with E-state index in [2.05, 4.69) is 130 Å². The number of halogens is 1. The van der Waals surface area contributed by atoms with Gasteiger partial charge in [-0.3, -0.25) is 0 Å². The predicted molar refractivity (Wildman–Crippen MR) is 131 cm³/mol. The Bertz CT molecular complexity index is 1520. The summed E-state index contributed by atoms with van der Waals surface area (Å²) in [6.07, 6.45) is 0. The first-order valence-corrected chi connectivity index (χ1v) is 10.9. The molecular formula is C28H18BrN. The first-order valence-electron chi connectivity index (χ1n) is 10.1. The van der Waals surface area contributed by atoms with Crippen molar-refractivity contribution >= 4 is 48.5 Å². The topological polar surface area (TPSA) is 4.93 Å².